The number of rotatable bonds is 3. The van der Waals surface area contributed by atoms with Crippen LogP contribution in [-0.4, -0.2) is 78.5 Å². The highest BCUT2D eigenvalue weighted by atomic mass is 19.4. The van der Waals surface area contributed by atoms with Gasteiger partial charge in [-0.15, -0.1) is 0 Å². The molecule has 1 N–H and O–H groups in total. The quantitative estimate of drug-likeness (QED) is 0.831. The lowest BCUT2D eigenvalue weighted by Crippen LogP contribution is -2.48. The van der Waals surface area contributed by atoms with Gasteiger partial charge in [0.1, 0.15) is 0 Å². The maximum Gasteiger partial charge on any atom is 0.393 e. The molecule has 2 heterocycles. The molecule has 1 amide bonds. The minimum atomic E-state index is -4.40. The molecular weight excluding hydrogens is 313 g/mol. The van der Waals surface area contributed by atoms with Crippen LogP contribution in [0.25, 0.3) is 0 Å². The maximum absolute atomic E-state index is 13.4. The monoisotopic (exact) mass is 336 g/mol. The van der Waals surface area contributed by atoms with Crippen molar-refractivity contribution in [1.82, 2.24) is 9.80 Å². The van der Waals surface area contributed by atoms with Crippen molar-refractivity contribution < 1.29 is 27.8 Å². The van der Waals surface area contributed by atoms with Crippen molar-refractivity contribution in [3.8, 4) is 0 Å². The van der Waals surface area contributed by atoms with E-state index in [0.29, 0.717) is 39.1 Å². The molecule has 8 heteroatoms. The molecule has 2 atom stereocenters. The van der Waals surface area contributed by atoms with Crippen molar-refractivity contribution in [3.63, 3.8) is 0 Å². The maximum atomic E-state index is 13.4. The summed E-state index contributed by atoms with van der Waals surface area (Å²) in [5.74, 6) is -3.16. The van der Waals surface area contributed by atoms with E-state index in [2.05, 4.69) is 0 Å². The third kappa shape index (κ3) is 3.64. The van der Waals surface area contributed by atoms with Gasteiger partial charge in [-0.3, -0.25) is 9.69 Å². The van der Waals surface area contributed by atoms with Gasteiger partial charge in [-0.05, 0) is 19.3 Å². The first-order valence-electron chi connectivity index (χ1n) is 8.16. The zero-order chi connectivity index (χ0) is 16.7. The van der Waals surface area contributed by atoms with Gasteiger partial charge >= 0.3 is 6.18 Å². The average Bonchev–Trinajstić information content (AvgIpc) is 2.89. The van der Waals surface area contributed by atoms with Gasteiger partial charge in [0.2, 0.25) is 5.91 Å². The Labute approximate surface area is 133 Å². The summed E-state index contributed by atoms with van der Waals surface area (Å²) in [6.45, 7) is 1.55. The summed E-state index contributed by atoms with van der Waals surface area (Å²) in [6, 6.07) is 0. The fourth-order valence-electron chi connectivity index (χ4n) is 3.77. The zero-order valence-corrected chi connectivity index (χ0v) is 13.0. The van der Waals surface area contributed by atoms with E-state index < -0.39 is 29.5 Å². The Balaban J connectivity index is 1.69. The van der Waals surface area contributed by atoms with E-state index in [4.69, 9.17) is 4.74 Å². The molecule has 3 aliphatic rings. The number of alkyl halides is 3. The third-order valence-electron chi connectivity index (χ3n) is 5.26. The van der Waals surface area contributed by atoms with Gasteiger partial charge in [-0.1, -0.05) is 0 Å². The molecule has 0 bridgehead atoms. The zero-order valence-electron chi connectivity index (χ0n) is 13.0. The summed E-state index contributed by atoms with van der Waals surface area (Å²) in [7, 11) is 0. The molecule has 0 unspecified atom stereocenters. The highest BCUT2D eigenvalue weighted by Gasteiger charge is 2.54. The predicted molar refractivity (Wildman–Crippen MR) is 75.7 cm³/mol. The lowest BCUT2D eigenvalue weighted by Gasteiger charge is -2.39. The van der Waals surface area contributed by atoms with Gasteiger partial charge < -0.3 is 14.7 Å². The van der Waals surface area contributed by atoms with E-state index >= 15 is 0 Å². The number of nitrogens with zero attached hydrogens (tertiary/aromatic N) is 2. The third-order valence-corrected chi connectivity index (χ3v) is 5.26. The van der Waals surface area contributed by atoms with Crippen LogP contribution >= 0.6 is 0 Å². The molecule has 0 radical (unpaired) electrons. The van der Waals surface area contributed by atoms with Crippen LogP contribution in [0.2, 0.25) is 0 Å². The molecular formula is C15H23F3N2O3. The molecule has 0 aromatic heterocycles. The number of carbonyl (C=O) groups is 1. The van der Waals surface area contributed by atoms with Crippen molar-refractivity contribution >= 4 is 5.91 Å². The van der Waals surface area contributed by atoms with Crippen molar-refractivity contribution in [3.05, 3.63) is 0 Å². The molecule has 0 aromatic carbocycles. The first kappa shape index (κ1) is 17.0. The molecule has 1 saturated carbocycles. The fourth-order valence-corrected chi connectivity index (χ4v) is 3.77. The predicted octanol–water partition coefficient (Wildman–Crippen LogP) is 0.870. The number of ether oxygens (including phenoxy) is 1. The Hall–Kier alpha value is -0.860. The molecule has 3 fully saturated rings. The molecule has 1 aliphatic carbocycles. The molecule has 2 aliphatic heterocycles. The van der Waals surface area contributed by atoms with Crippen LogP contribution < -0.4 is 0 Å². The van der Waals surface area contributed by atoms with Crippen LogP contribution in [-0.2, 0) is 9.53 Å². The minimum Gasteiger partial charge on any atom is -0.389 e. The number of hydrogen-bond donors (Lipinski definition) is 1. The number of β-amino-alcohol motifs (C(OH)–C–C–N with tert-alkyl or cyclic N) is 1. The summed E-state index contributed by atoms with van der Waals surface area (Å²) in [5.41, 5.74) is -0.868. The second-order valence-electron chi connectivity index (χ2n) is 6.96. The van der Waals surface area contributed by atoms with Gasteiger partial charge in [0.05, 0.1) is 30.7 Å². The van der Waals surface area contributed by atoms with Gasteiger partial charge in [0.25, 0.3) is 0 Å². The van der Waals surface area contributed by atoms with E-state index in [-0.39, 0.29) is 19.6 Å². The number of carbonyl (C=O) groups excluding carboxylic acids is 1. The van der Waals surface area contributed by atoms with Crippen LogP contribution in [0, 0.1) is 11.8 Å². The Kier molecular flexibility index (Phi) is 4.59. The van der Waals surface area contributed by atoms with Crippen molar-refractivity contribution in [1.29, 1.82) is 0 Å². The first-order valence-corrected chi connectivity index (χ1v) is 8.16. The molecule has 23 heavy (non-hydrogen) atoms. The van der Waals surface area contributed by atoms with E-state index in [1.54, 1.807) is 4.90 Å². The van der Waals surface area contributed by atoms with Crippen molar-refractivity contribution in [2.75, 3.05) is 45.9 Å². The van der Waals surface area contributed by atoms with Crippen molar-refractivity contribution in [2.45, 2.75) is 31.0 Å². The van der Waals surface area contributed by atoms with Crippen LogP contribution in [0.5, 0.6) is 0 Å². The topological polar surface area (TPSA) is 53.0 Å². The van der Waals surface area contributed by atoms with Gasteiger partial charge in [-0.2, -0.15) is 13.2 Å². The number of likely N-dealkylation sites (tertiary alicyclic amines) is 1. The Morgan fingerprint density at radius 3 is 2.39 bits per heavy atom. The smallest absolute Gasteiger partial charge is 0.389 e. The molecule has 3 rings (SSSR count). The number of morpholine rings is 1. The highest BCUT2D eigenvalue weighted by molar-refractivity contribution is 5.80. The fraction of sp³-hybridized carbons (Fsp3) is 0.933. The standard InChI is InChI=1S/C15H23F3N2O3/c16-15(17,18)12-9-19(10-14(22)2-1-3-14)8-11(12)13(21)20-4-6-23-7-5-20/h11-12,22H,1-10H2/t11-,12-/m0/s1. The summed E-state index contributed by atoms with van der Waals surface area (Å²) in [4.78, 5) is 15.6. The molecule has 0 spiro atoms. The second-order valence-corrected chi connectivity index (χ2v) is 6.96. The number of halogens is 3. The summed E-state index contributed by atoms with van der Waals surface area (Å²) < 4.78 is 45.2. The van der Waals surface area contributed by atoms with E-state index in [1.165, 1.54) is 4.90 Å². The molecule has 5 nitrogen and oxygen atoms in total. The number of aliphatic hydroxyl groups is 1. The Morgan fingerprint density at radius 1 is 1.22 bits per heavy atom. The summed E-state index contributed by atoms with van der Waals surface area (Å²) in [5, 5.41) is 10.2. The summed E-state index contributed by atoms with van der Waals surface area (Å²) in [6.07, 6.45) is -2.24. The highest BCUT2D eigenvalue weighted by Crippen LogP contribution is 2.40. The molecule has 2 saturated heterocycles. The lowest BCUT2D eigenvalue weighted by atomic mass is 9.80. The number of amides is 1. The summed E-state index contributed by atoms with van der Waals surface area (Å²) >= 11 is 0. The SMILES string of the molecule is O=C([C@H]1CN(CC2(O)CCC2)C[C@@H]1C(F)(F)F)N1CCOCC1. The van der Waals surface area contributed by atoms with E-state index in [0.717, 1.165) is 6.42 Å². The molecule has 132 valence electrons. The Bertz CT molecular complexity index is 448. The number of hydrogen-bond acceptors (Lipinski definition) is 4. The lowest BCUT2D eigenvalue weighted by molar-refractivity contribution is -0.187. The van der Waals surface area contributed by atoms with Crippen molar-refractivity contribution in [2.24, 2.45) is 11.8 Å². The van der Waals surface area contributed by atoms with Crippen LogP contribution in [0.1, 0.15) is 19.3 Å². The van der Waals surface area contributed by atoms with Crippen LogP contribution in [0.15, 0.2) is 0 Å². The van der Waals surface area contributed by atoms with Gasteiger partial charge in [0, 0.05) is 32.7 Å². The van der Waals surface area contributed by atoms with E-state index in [1.807, 2.05) is 0 Å². The normalized spacial score (nSPS) is 31.9. The second kappa shape index (κ2) is 6.22. The van der Waals surface area contributed by atoms with Crippen LogP contribution in [0.3, 0.4) is 0 Å². The first-order chi connectivity index (χ1) is 10.8. The average molecular weight is 336 g/mol. The molecule has 0 aromatic rings. The minimum absolute atomic E-state index is 0.0721. The van der Waals surface area contributed by atoms with Gasteiger partial charge in [0.15, 0.2) is 0 Å². The largest absolute Gasteiger partial charge is 0.393 e. The van der Waals surface area contributed by atoms with E-state index in [9.17, 15) is 23.1 Å². The van der Waals surface area contributed by atoms with Crippen LogP contribution in [0.4, 0.5) is 13.2 Å². The Morgan fingerprint density at radius 2 is 1.87 bits per heavy atom. The van der Waals surface area contributed by atoms with Gasteiger partial charge in [-0.25, -0.2) is 0 Å².